The van der Waals surface area contributed by atoms with Crippen molar-refractivity contribution < 1.29 is 22.7 Å². The normalized spacial score (nSPS) is 11.3. The van der Waals surface area contributed by atoms with Crippen LogP contribution in [0.2, 0.25) is 0 Å². The molecule has 0 aliphatic heterocycles. The number of ether oxygens (including phenoxy) is 1. The number of carbonyl (C=O) groups excluding carboxylic acids is 1. The van der Waals surface area contributed by atoms with Gasteiger partial charge in [-0.1, -0.05) is 5.92 Å². The maximum Gasteiger partial charge on any atom is 0.417 e. The first-order chi connectivity index (χ1) is 9.58. The van der Waals surface area contributed by atoms with Crippen LogP contribution in [0.5, 0.6) is 0 Å². The Hall–Kier alpha value is -2.23. The molecule has 0 spiro atoms. The summed E-state index contributed by atoms with van der Waals surface area (Å²) in [6.45, 7) is 5.19. The lowest BCUT2D eigenvalue weighted by atomic mass is 10.2. The number of halogens is 3. The summed E-state index contributed by atoms with van der Waals surface area (Å²) in [4.78, 5) is 14.9. The fourth-order valence-electron chi connectivity index (χ4n) is 1.20. The van der Waals surface area contributed by atoms with E-state index in [9.17, 15) is 18.0 Å². The Morgan fingerprint density at radius 2 is 2.00 bits per heavy atom. The van der Waals surface area contributed by atoms with E-state index in [0.717, 1.165) is 6.07 Å². The molecule has 0 radical (unpaired) electrons. The molecule has 0 aromatic carbocycles. The average Bonchev–Trinajstić information content (AvgIpc) is 2.32. The van der Waals surface area contributed by atoms with Gasteiger partial charge in [0.1, 0.15) is 11.3 Å². The molecule has 0 unspecified atom stereocenters. The number of pyridine rings is 1. The fraction of sp³-hybridized carbons (Fsp3) is 0.429. The smallest absolute Gasteiger partial charge is 0.417 e. The Morgan fingerprint density at radius 3 is 2.48 bits per heavy atom. The second-order valence-electron chi connectivity index (χ2n) is 5.09. The predicted octanol–water partition coefficient (Wildman–Crippen LogP) is 2.98. The number of nitrogens with one attached hydrogen (secondary N) is 1. The second kappa shape index (κ2) is 6.48. The number of hydrogen-bond donors (Lipinski definition) is 1. The Bertz CT molecular complexity index is 549. The molecule has 0 fully saturated rings. The van der Waals surface area contributed by atoms with Crippen LogP contribution < -0.4 is 5.32 Å². The van der Waals surface area contributed by atoms with Crippen LogP contribution in [0.3, 0.4) is 0 Å². The summed E-state index contributed by atoms with van der Waals surface area (Å²) in [5.74, 6) is 5.11. The van der Waals surface area contributed by atoms with E-state index < -0.39 is 23.4 Å². The van der Waals surface area contributed by atoms with E-state index in [2.05, 4.69) is 22.1 Å². The van der Waals surface area contributed by atoms with Crippen molar-refractivity contribution in [3.05, 3.63) is 29.6 Å². The molecule has 1 aromatic rings. The van der Waals surface area contributed by atoms with Crippen molar-refractivity contribution in [3.63, 3.8) is 0 Å². The van der Waals surface area contributed by atoms with Gasteiger partial charge in [0.05, 0.1) is 12.1 Å². The highest BCUT2D eigenvalue weighted by Gasteiger charge is 2.30. The van der Waals surface area contributed by atoms with Gasteiger partial charge >= 0.3 is 12.3 Å². The minimum atomic E-state index is -4.42. The number of hydrogen-bond acceptors (Lipinski definition) is 3. The number of amides is 1. The fourth-order valence-corrected chi connectivity index (χ4v) is 1.20. The van der Waals surface area contributed by atoms with Gasteiger partial charge < -0.3 is 10.1 Å². The summed E-state index contributed by atoms with van der Waals surface area (Å²) < 4.78 is 41.9. The van der Waals surface area contributed by atoms with Crippen molar-refractivity contribution >= 4 is 6.09 Å². The number of rotatable bonds is 1. The number of carbonyl (C=O) groups is 1. The van der Waals surface area contributed by atoms with E-state index in [-0.39, 0.29) is 12.2 Å². The summed E-state index contributed by atoms with van der Waals surface area (Å²) >= 11 is 0. The first kappa shape index (κ1) is 16.8. The number of alkyl halides is 3. The molecule has 0 aliphatic carbocycles. The first-order valence-electron chi connectivity index (χ1n) is 6.07. The Morgan fingerprint density at radius 1 is 1.33 bits per heavy atom. The quantitative estimate of drug-likeness (QED) is 0.811. The summed E-state index contributed by atoms with van der Waals surface area (Å²) in [6, 6.07) is 2.07. The third-order valence-corrected chi connectivity index (χ3v) is 2.03. The molecule has 1 aromatic heterocycles. The van der Waals surface area contributed by atoms with E-state index in [4.69, 9.17) is 4.74 Å². The monoisotopic (exact) mass is 300 g/mol. The summed E-state index contributed by atoms with van der Waals surface area (Å²) in [6.07, 6.45) is -4.32. The van der Waals surface area contributed by atoms with Gasteiger partial charge in [0.2, 0.25) is 0 Å². The Kier molecular flexibility index (Phi) is 5.19. The third-order valence-electron chi connectivity index (χ3n) is 2.03. The highest BCUT2D eigenvalue weighted by atomic mass is 19.4. The van der Waals surface area contributed by atoms with Crippen LogP contribution in [-0.4, -0.2) is 23.2 Å². The first-order valence-corrected chi connectivity index (χ1v) is 6.07. The number of nitrogens with zero attached hydrogens (tertiary/aromatic N) is 1. The number of alkyl carbamates (subject to hydrolysis) is 1. The van der Waals surface area contributed by atoms with E-state index in [1.54, 1.807) is 20.8 Å². The third kappa shape index (κ3) is 6.65. The molecule has 1 N–H and O–H groups in total. The van der Waals surface area contributed by atoms with Crippen LogP contribution in [0.25, 0.3) is 0 Å². The van der Waals surface area contributed by atoms with Crippen LogP contribution >= 0.6 is 0 Å². The van der Waals surface area contributed by atoms with E-state index in [0.29, 0.717) is 6.20 Å². The zero-order valence-corrected chi connectivity index (χ0v) is 11.8. The van der Waals surface area contributed by atoms with Crippen molar-refractivity contribution in [1.29, 1.82) is 0 Å². The standard InChI is InChI=1S/C14H15F3N2O2/c1-13(2,3)21-12(20)18-8-4-5-11-7-6-10(9-19-11)14(15,16)17/h6-7,9H,8H2,1-3H3,(H,18,20). The van der Waals surface area contributed by atoms with Crippen LogP contribution in [0.4, 0.5) is 18.0 Å². The van der Waals surface area contributed by atoms with Gasteiger partial charge in [-0.3, -0.25) is 0 Å². The number of aromatic nitrogens is 1. The zero-order valence-electron chi connectivity index (χ0n) is 11.8. The summed E-state index contributed by atoms with van der Waals surface area (Å²) in [5, 5.41) is 2.40. The van der Waals surface area contributed by atoms with Gasteiger partial charge in [-0.25, -0.2) is 9.78 Å². The summed E-state index contributed by atoms with van der Waals surface area (Å²) in [7, 11) is 0. The Balaban J connectivity index is 2.51. The second-order valence-corrected chi connectivity index (χ2v) is 5.09. The summed E-state index contributed by atoms with van der Waals surface area (Å²) in [5.41, 5.74) is -1.25. The molecule has 114 valence electrons. The molecule has 21 heavy (non-hydrogen) atoms. The van der Waals surface area contributed by atoms with E-state index >= 15 is 0 Å². The maximum absolute atomic E-state index is 12.3. The lowest BCUT2D eigenvalue weighted by Gasteiger charge is -2.18. The maximum atomic E-state index is 12.3. The van der Waals surface area contributed by atoms with Crippen LogP contribution in [0.1, 0.15) is 32.0 Å². The lowest BCUT2D eigenvalue weighted by molar-refractivity contribution is -0.137. The van der Waals surface area contributed by atoms with Crippen LogP contribution in [-0.2, 0) is 10.9 Å². The molecule has 7 heteroatoms. The SMILES string of the molecule is CC(C)(C)OC(=O)NCC#Cc1ccc(C(F)(F)F)cn1. The molecular weight excluding hydrogens is 285 g/mol. The van der Waals surface area contributed by atoms with E-state index in [1.807, 2.05) is 0 Å². The molecule has 0 saturated carbocycles. The van der Waals surface area contributed by atoms with Gasteiger partial charge in [-0.2, -0.15) is 13.2 Å². The molecule has 0 aliphatic rings. The van der Waals surface area contributed by atoms with Gasteiger partial charge in [0.15, 0.2) is 0 Å². The highest BCUT2D eigenvalue weighted by Crippen LogP contribution is 2.28. The molecule has 1 amide bonds. The van der Waals surface area contributed by atoms with Gasteiger partial charge in [-0.05, 0) is 38.8 Å². The largest absolute Gasteiger partial charge is 0.444 e. The molecule has 1 rings (SSSR count). The van der Waals surface area contributed by atoms with Gasteiger partial charge in [-0.15, -0.1) is 0 Å². The Labute approximate surface area is 120 Å². The molecule has 0 saturated heterocycles. The van der Waals surface area contributed by atoms with Crippen molar-refractivity contribution in [2.45, 2.75) is 32.5 Å². The molecular formula is C14H15F3N2O2. The van der Waals surface area contributed by atoms with Gasteiger partial charge in [0.25, 0.3) is 0 Å². The van der Waals surface area contributed by atoms with E-state index in [1.165, 1.54) is 6.07 Å². The van der Waals surface area contributed by atoms with Crippen molar-refractivity contribution in [3.8, 4) is 11.8 Å². The van der Waals surface area contributed by atoms with Crippen molar-refractivity contribution in [2.75, 3.05) is 6.54 Å². The molecule has 1 heterocycles. The zero-order chi connectivity index (χ0) is 16.1. The topological polar surface area (TPSA) is 51.2 Å². The molecule has 4 nitrogen and oxygen atoms in total. The average molecular weight is 300 g/mol. The minimum Gasteiger partial charge on any atom is -0.444 e. The molecule has 0 atom stereocenters. The van der Waals surface area contributed by atoms with Crippen LogP contribution in [0, 0.1) is 11.8 Å². The highest BCUT2D eigenvalue weighted by molar-refractivity contribution is 5.68. The minimum absolute atomic E-state index is 0.0115. The van der Waals surface area contributed by atoms with Crippen molar-refractivity contribution in [1.82, 2.24) is 10.3 Å². The molecule has 0 bridgehead atoms. The van der Waals surface area contributed by atoms with Gasteiger partial charge in [0, 0.05) is 6.20 Å². The predicted molar refractivity (Wildman–Crippen MR) is 70.4 cm³/mol. The van der Waals surface area contributed by atoms with Crippen molar-refractivity contribution in [2.24, 2.45) is 0 Å². The lowest BCUT2D eigenvalue weighted by Crippen LogP contribution is -2.32. The van der Waals surface area contributed by atoms with Crippen LogP contribution in [0.15, 0.2) is 18.3 Å².